The summed E-state index contributed by atoms with van der Waals surface area (Å²) in [7, 11) is 0. The Kier molecular flexibility index (Phi) is 4.62. The van der Waals surface area contributed by atoms with E-state index in [9.17, 15) is 18.0 Å². The second-order valence-electron chi connectivity index (χ2n) is 3.82. The smallest absolute Gasteiger partial charge is 0.416 e. The van der Waals surface area contributed by atoms with E-state index in [1.807, 2.05) is 6.92 Å². The Labute approximate surface area is 108 Å². The molecule has 0 radical (unpaired) electrons. The van der Waals surface area contributed by atoms with Crippen LogP contribution in [0.5, 0.6) is 0 Å². The first kappa shape index (κ1) is 14.8. The topological polar surface area (TPSA) is 26.3 Å². The van der Waals surface area contributed by atoms with E-state index < -0.39 is 17.7 Å². The minimum Gasteiger partial charge on any atom is -0.459 e. The summed E-state index contributed by atoms with van der Waals surface area (Å²) in [5, 5.41) is -0.266. The Morgan fingerprint density at radius 2 is 2.06 bits per heavy atom. The second kappa shape index (κ2) is 5.61. The lowest BCUT2D eigenvalue weighted by atomic mass is 10.1. The molecule has 0 N–H and O–H groups in total. The molecule has 0 spiro atoms. The monoisotopic (exact) mass is 280 g/mol. The molecular weight excluding hydrogens is 269 g/mol. The molecule has 0 aliphatic heterocycles. The van der Waals surface area contributed by atoms with Crippen LogP contribution in [0.2, 0.25) is 5.02 Å². The van der Waals surface area contributed by atoms with Gasteiger partial charge in [-0.2, -0.15) is 13.2 Å². The average molecular weight is 281 g/mol. The van der Waals surface area contributed by atoms with Gasteiger partial charge in [0.05, 0.1) is 22.3 Å². The predicted octanol–water partition coefficient (Wildman–Crippen LogP) is 4.31. The number of halogens is 4. The van der Waals surface area contributed by atoms with Gasteiger partial charge >= 0.3 is 12.1 Å². The lowest BCUT2D eigenvalue weighted by Crippen LogP contribution is -2.15. The van der Waals surface area contributed by atoms with Crippen LogP contribution in [0.15, 0.2) is 18.2 Å². The molecule has 1 aromatic carbocycles. The van der Waals surface area contributed by atoms with Crippen molar-refractivity contribution < 1.29 is 22.7 Å². The summed E-state index contributed by atoms with van der Waals surface area (Å²) in [6.45, 7) is 3.52. The molecule has 1 atom stereocenters. The van der Waals surface area contributed by atoms with Crippen molar-refractivity contribution in [3.05, 3.63) is 34.3 Å². The summed E-state index contributed by atoms with van der Waals surface area (Å²) >= 11 is 5.66. The van der Waals surface area contributed by atoms with Crippen LogP contribution in [0.4, 0.5) is 13.2 Å². The maximum atomic E-state index is 12.4. The number of rotatable bonds is 3. The van der Waals surface area contributed by atoms with Gasteiger partial charge in [0.25, 0.3) is 0 Å². The van der Waals surface area contributed by atoms with E-state index in [-0.39, 0.29) is 16.7 Å². The highest BCUT2D eigenvalue weighted by molar-refractivity contribution is 6.33. The van der Waals surface area contributed by atoms with Gasteiger partial charge in [0, 0.05) is 0 Å². The van der Waals surface area contributed by atoms with Gasteiger partial charge in [-0.15, -0.1) is 0 Å². The molecular formula is C12H12ClF3O2. The van der Waals surface area contributed by atoms with E-state index in [1.165, 1.54) is 0 Å². The second-order valence-corrected chi connectivity index (χ2v) is 4.22. The van der Waals surface area contributed by atoms with Crippen LogP contribution < -0.4 is 0 Å². The van der Waals surface area contributed by atoms with Crippen molar-refractivity contribution in [3.63, 3.8) is 0 Å². The molecule has 100 valence electrons. The summed E-state index contributed by atoms with van der Waals surface area (Å²) < 4.78 is 42.2. The van der Waals surface area contributed by atoms with E-state index in [2.05, 4.69) is 0 Å². The van der Waals surface area contributed by atoms with Crippen LogP contribution in [-0.2, 0) is 10.9 Å². The third-order valence-corrected chi connectivity index (χ3v) is 2.71. The van der Waals surface area contributed by atoms with E-state index in [0.29, 0.717) is 6.42 Å². The number of ether oxygens (including phenoxy) is 1. The maximum Gasteiger partial charge on any atom is 0.416 e. The summed E-state index contributed by atoms with van der Waals surface area (Å²) in [5.74, 6) is -0.719. The molecule has 0 saturated carbocycles. The molecule has 0 aliphatic rings. The van der Waals surface area contributed by atoms with Gasteiger partial charge in [-0.25, -0.2) is 4.79 Å². The number of hydrogen-bond acceptors (Lipinski definition) is 2. The Hall–Kier alpha value is -1.23. The number of benzene rings is 1. The summed E-state index contributed by atoms with van der Waals surface area (Å²) in [5.41, 5.74) is -0.961. The highest BCUT2D eigenvalue weighted by atomic mass is 35.5. The van der Waals surface area contributed by atoms with Gasteiger partial charge in [0.2, 0.25) is 0 Å². The lowest BCUT2D eigenvalue weighted by molar-refractivity contribution is -0.137. The maximum absolute atomic E-state index is 12.4. The van der Waals surface area contributed by atoms with Crippen molar-refractivity contribution in [1.29, 1.82) is 0 Å². The fraction of sp³-hybridized carbons (Fsp3) is 0.417. The van der Waals surface area contributed by atoms with Crippen LogP contribution in [0.1, 0.15) is 36.2 Å². The molecule has 1 aromatic rings. The molecule has 0 aromatic heterocycles. The Morgan fingerprint density at radius 1 is 1.44 bits per heavy atom. The van der Waals surface area contributed by atoms with Crippen LogP contribution in [0.25, 0.3) is 0 Å². The van der Waals surface area contributed by atoms with Crippen LogP contribution in [0.3, 0.4) is 0 Å². The fourth-order valence-electron chi connectivity index (χ4n) is 1.19. The fourth-order valence-corrected chi connectivity index (χ4v) is 1.44. The zero-order valence-corrected chi connectivity index (χ0v) is 10.6. The highest BCUT2D eigenvalue weighted by Gasteiger charge is 2.31. The first-order valence-electron chi connectivity index (χ1n) is 5.33. The number of carbonyl (C=O) groups excluding carboxylic acids is 1. The Morgan fingerprint density at radius 3 is 2.50 bits per heavy atom. The van der Waals surface area contributed by atoms with Crippen LogP contribution in [-0.4, -0.2) is 12.1 Å². The Bertz CT molecular complexity index is 443. The largest absolute Gasteiger partial charge is 0.459 e. The molecule has 0 bridgehead atoms. The van der Waals surface area contributed by atoms with Crippen molar-refractivity contribution >= 4 is 17.6 Å². The minimum absolute atomic E-state index is 0.0648. The number of carbonyl (C=O) groups is 1. The Balaban J connectivity index is 2.96. The van der Waals surface area contributed by atoms with Gasteiger partial charge in [-0.1, -0.05) is 18.5 Å². The molecule has 1 unspecified atom stereocenters. The van der Waals surface area contributed by atoms with E-state index in [1.54, 1.807) is 6.92 Å². The zero-order chi connectivity index (χ0) is 13.9. The predicted molar refractivity (Wildman–Crippen MR) is 61.6 cm³/mol. The van der Waals surface area contributed by atoms with Crippen molar-refractivity contribution in [3.8, 4) is 0 Å². The minimum atomic E-state index is -4.48. The number of alkyl halides is 3. The standard InChI is InChI=1S/C12H12ClF3O2/c1-3-7(2)18-11(17)9-5-4-8(6-10(9)13)12(14,15)16/h4-7H,3H2,1-2H3. The average Bonchev–Trinajstić information content (AvgIpc) is 2.27. The molecule has 0 fully saturated rings. The summed E-state index contributed by atoms with van der Waals surface area (Å²) in [6, 6.07) is 2.55. The molecule has 0 heterocycles. The van der Waals surface area contributed by atoms with Crippen molar-refractivity contribution in [1.82, 2.24) is 0 Å². The lowest BCUT2D eigenvalue weighted by Gasteiger charge is -2.13. The van der Waals surface area contributed by atoms with Gasteiger partial charge in [0.1, 0.15) is 0 Å². The molecule has 18 heavy (non-hydrogen) atoms. The number of esters is 1. The molecule has 0 aliphatic carbocycles. The summed E-state index contributed by atoms with van der Waals surface area (Å²) in [4.78, 5) is 11.6. The molecule has 1 rings (SSSR count). The zero-order valence-electron chi connectivity index (χ0n) is 9.84. The number of hydrogen-bond donors (Lipinski definition) is 0. The summed E-state index contributed by atoms with van der Waals surface area (Å²) in [6.07, 6.45) is -4.18. The van der Waals surface area contributed by atoms with Gasteiger partial charge in [0.15, 0.2) is 0 Å². The van der Waals surface area contributed by atoms with Crippen LogP contribution in [0, 0.1) is 0 Å². The molecule has 0 amide bonds. The SMILES string of the molecule is CCC(C)OC(=O)c1ccc(C(F)(F)F)cc1Cl. The van der Waals surface area contributed by atoms with Crippen molar-refractivity contribution in [2.24, 2.45) is 0 Å². The van der Waals surface area contributed by atoms with Crippen molar-refractivity contribution in [2.75, 3.05) is 0 Å². The van der Waals surface area contributed by atoms with Gasteiger partial charge in [-0.3, -0.25) is 0 Å². The quantitative estimate of drug-likeness (QED) is 0.771. The molecule has 2 nitrogen and oxygen atoms in total. The molecule has 6 heteroatoms. The van der Waals surface area contributed by atoms with Crippen molar-refractivity contribution in [2.45, 2.75) is 32.5 Å². The first-order valence-corrected chi connectivity index (χ1v) is 5.71. The van der Waals surface area contributed by atoms with E-state index in [0.717, 1.165) is 18.2 Å². The first-order chi connectivity index (χ1) is 8.25. The van der Waals surface area contributed by atoms with Crippen LogP contribution >= 0.6 is 11.6 Å². The van der Waals surface area contributed by atoms with E-state index in [4.69, 9.17) is 16.3 Å². The van der Waals surface area contributed by atoms with E-state index >= 15 is 0 Å². The van der Waals surface area contributed by atoms with Gasteiger partial charge in [-0.05, 0) is 31.5 Å². The third kappa shape index (κ3) is 3.63. The van der Waals surface area contributed by atoms with Gasteiger partial charge < -0.3 is 4.74 Å². The third-order valence-electron chi connectivity index (χ3n) is 2.40. The highest BCUT2D eigenvalue weighted by Crippen LogP contribution is 2.32. The normalized spacial score (nSPS) is 13.2. The molecule has 0 saturated heterocycles.